The van der Waals surface area contributed by atoms with Gasteiger partial charge >= 0.3 is 0 Å². The molecule has 5 heteroatoms. The Hall–Kier alpha value is -1.33. The van der Waals surface area contributed by atoms with Crippen molar-refractivity contribution in [2.45, 2.75) is 25.4 Å². The smallest absolute Gasteiger partial charge is 0.123 e. The summed E-state index contributed by atoms with van der Waals surface area (Å²) < 4.78 is 15.4. The van der Waals surface area contributed by atoms with Gasteiger partial charge in [0.2, 0.25) is 0 Å². The molecule has 1 aliphatic heterocycles. The Morgan fingerprint density at radius 1 is 1.38 bits per heavy atom. The molecule has 1 saturated heterocycles. The molecule has 1 aromatic carbocycles. The molecule has 21 heavy (non-hydrogen) atoms. The highest BCUT2D eigenvalue weighted by atomic mass is 32.2. The van der Waals surface area contributed by atoms with E-state index in [1.54, 1.807) is 16.9 Å². The average molecular weight is 305 g/mol. The molecule has 0 atom stereocenters. The van der Waals surface area contributed by atoms with Crippen molar-refractivity contribution < 1.29 is 4.39 Å². The predicted octanol–water partition coefficient (Wildman–Crippen LogP) is 3.34. The van der Waals surface area contributed by atoms with E-state index in [2.05, 4.69) is 17.0 Å². The molecule has 0 N–H and O–H groups in total. The Kier molecular flexibility index (Phi) is 4.60. The minimum atomic E-state index is -0.187. The first-order valence-corrected chi connectivity index (χ1v) is 8.46. The Labute approximate surface area is 129 Å². The van der Waals surface area contributed by atoms with Gasteiger partial charge in [0.05, 0.1) is 5.69 Å². The highest BCUT2D eigenvalue weighted by Gasteiger charge is 2.19. The van der Waals surface area contributed by atoms with E-state index < -0.39 is 0 Å². The summed E-state index contributed by atoms with van der Waals surface area (Å²) in [5, 5.41) is 4.27. The van der Waals surface area contributed by atoms with Crippen molar-refractivity contribution in [2.24, 2.45) is 0 Å². The summed E-state index contributed by atoms with van der Waals surface area (Å²) in [6, 6.07) is 7.42. The molecule has 2 heterocycles. The molecule has 1 fully saturated rings. The molecule has 112 valence electrons. The number of hydrogen-bond donors (Lipinski definition) is 0. The van der Waals surface area contributed by atoms with Gasteiger partial charge in [0.25, 0.3) is 0 Å². The summed E-state index contributed by atoms with van der Waals surface area (Å²) in [5.41, 5.74) is 1.94. The fourth-order valence-electron chi connectivity index (χ4n) is 2.84. The molecule has 3 nitrogen and oxygen atoms in total. The fourth-order valence-corrected chi connectivity index (χ4v) is 3.92. The Morgan fingerprint density at radius 3 is 2.90 bits per heavy atom. The molecule has 0 amide bonds. The number of halogens is 1. The lowest BCUT2D eigenvalue weighted by Crippen LogP contribution is -2.34. The van der Waals surface area contributed by atoms with Crippen LogP contribution in [0.2, 0.25) is 0 Å². The van der Waals surface area contributed by atoms with Gasteiger partial charge in [-0.2, -0.15) is 16.9 Å². The average Bonchev–Trinajstić information content (AvgIpc) is 3.02. The number of thioether (sulfide) groups is 1. The maximum Gasteiger partial charge on any atom is 0.123 e. The van der Waals surface area contributed by atoms with E-state index in [1.165, 1.54) is 30.4 Å². The second kappa shape index (κ2) is 6.62. The molecule has 3 rings (SSSR count). The number of hydrogen-bond acceptors (Lipinski definition) is 3. The van der Waals surface area contributed by atoms with E-state index in [0.717, 1.165) is 17.8 Å². The first kappa shape index (κ1) is 14.6. The van der Waals surface area contributed by atoms with E-state index in [-0.39, 0.29) is 5.82 Å². The molecular formula is C16H20FN3S. The van der Waals surface area contributed by atoms with Crippen molar-refractivity contribution in [1.29, 1.82) is 0 Å². The van der Waals surface area contributed by atoms with E-state index in [1.807, 2.05) is 30.1 Å². The molecule has 0 spiro atoms. The third-order valence-electron chi connectivity index (χ3n) is 4.03. The predicted molar refractivity (Wildman–Crippen MR) is 85.3 cm³/mol. The molecule has 0 saturated carbocycles. The standard InChI is InChI=1S/C16H20FN3S/c1-19(15-5-9-21-10-6-15)12-13-11-14(17)3-4-16(13)20-8-2-7-18-20/h2-4,7-8,11,15H,5-6,9-10,12H2,1H3. The van der Waals surface area contributed by atoms with Crippen LogP contribution in [0.25, 0.3) is 5.69 Å². The highest BCUT2D eigenvalue weighted by Crippen LogP contribution is 2.24. The zero-order valence-electron chi connectivity index (χ0n) is 12.2. The normalized spacial score (nSPS) is 16.5. The molecule has 0 unspecified atom stereocenters. The third kappa shape index (κ3) is 3.47. The van der Waals surface area contributed by atoms with Crippen molar-refractivity contribution in [3.63, 3.8) is 0 Å². The minimum Gasteiger partial charge on any atom is -0.299 e. The summed E-state index contributed by atoms with van der Waals surface area (Å²) in [7, 11) is 2.14. The number of aromatic nitrogens is 2. The lowest BCUT2D eigenvalue weighted by Gasteiger charge is -2.31. The highest BCUT2D eigenvalue weighted by molar-refractivity contribution is 7.99. The zero-order valence-corrected chi connectivity index (χ0v) is 13.0. The fraction of sp³-hybridized carbons (Fsp3) is 0.438. The summed E-state index contributed by atoms with van der Waals surface area (Å²) in [6.45, 7) is 0.752. The summed E-state index contributed by atoms with van der Waals surface area (Å²) >= 11 is 2.03. The molecule has 1 aromatic heterocycles. The molecule has 0 radical (unpaired) electrons. The van der Waals surface area contributed by atoms with Gasteiger partial charge in [0.15, 0.2) is 0 Å². The van der Waals surface area contributed by atoms with Gasteiger partial charge in [-0.05, 0) is 61.2 Å². The molecular weight excluding hydrogens is 285 g/mol. The second-order valence-electron chi connectivity index (χ2n) is 5.48. The van der Waals surface area contributed by atoms with Crippen molar-refractivity contribution in [2.75, 3.05) is 18.6 Å². The van der Waals surface area contributed by atoms with Crippen LogP contribution in [-0.2, 0) is 6.54 Å². The van der Waals surface area contributed by atoms with Gasteiger partial charge in [-0.15, -0.1) is 0 Å². The second-order valence-corrected chi connectivity index (χ2v) is 6.71. The van der Waals surface area contributed by atoms with E-state index >= 15 is 0 Å². The summed E-state index contributed by atoms with van der Waals surface area (Å²) in [5.74, 6) is 2.27. The third-order valence-corrected chi connectivity index (χ3v) is 5.08. The van der Waals surface area contributed by atoms with Gasteiger partial charge in [-0.1, -0.05) is 0 Å². The van der Waals surface area contributed by atoms with Gasteiger partial charge in [-0.25, -0.2) is 9.07 Å². The minimum absolute atomic E-state index is 0.187. The maximum atomic E-state index is 13.6. The quantitative estimate of drug-likeness (QED) is 0.864. The number of benzene rings is 1. The largest absolute Gasteiger partial charge is 0.299 e. The summed E-state index contributed by atoms with van der Waals surface area (Å²) in [4.78, 5) is 2.35. The zero-order chi connectivity index (χ0) is 14.7. The topological polar surface area (TPSA) is 21.1 Å². The van der Waals surface area contributed by atoms with Gasteiger partial charge in [-0.3, -0.25) is 4.90 Å². The van der Waals surface area contributed by atoms with Crippen LogP contribution >= 0.6 is 11.8 Å². The molecule has 0 aliphatic carbocycles. The lowest BCUT2D eigenvalue weighted by molar-refractivity contribution is 0.221. The van der Waals surface area contributed by atoms with Crippen molar-refractivity contribution >= 4 is 11.8 Å². The van der Waals surface area contributed by atoms with Crippen molar-refractivity contribution in [3.05, 3.63) is 48.0 Å². The first-order valence-electron chi connectivity index (χ1n) is 7.30. The number of rotatable bonds is 4. The van der Waals surface area contributed by atoms with Gasteiger partial charge in [0.1, 0.15) is 5.82 Å². The van der Waals surface area contributed by atoms with E-state index in [9.17, 15) is 4.39 Å². The van der Waals surface area contributed by atoms with E-state index in [0.29, 0.717) is 6.04 Å². The van der Waals surface area contributed by atoms with Gasteiger partial charge < -0.3 is 0 Å². The van der Waals surface area contributed by atoms with Crippen LogP contribution in [0.15, 0.2) is 36.7 Å². The van der Waals surface area contributed by atoms with Crippen LogP contribution in [0.5, 0.6) is 0 Å². The SMILES string of the molecule is CN(Cc1cc(F)ccc1-n1cccn1)C1CCSCC1. The molecule has 0 bridgehead atoms. The van der Waals surface area contributed by atoms with Crippen molar-refractivity contribution in [1.82, 2.24) is 14.7 Å². The molecule has 1 aliphatic rings. The first-order chi connectivity index (χ1) is 10.2. The van der Waals surface area contributed by atoms with Crippen LogP contribution in [0.1, 0.15) is 18.4 Å². The lowest BCUT2D eigenvalue weighted by atomic mass is 10.1. The van der Waals surface area contributed by atoms with Crippen LogP contribution in [-0.4, -0.2) is 39.3 Å². The maximum absolute atomic E-state index is 13.6. The Morgan fingerprint density at radius 2 is 2.19 bits per heavy atom. The summed E-state index contributed by atoms with van der Waals surface area (Å²) in [6.07, 6.45) is 6.07. The number of nitrogens with zero attached hydrogens (tertiary/aromatic N) is 3. The van der Waals surface area contributed by atoms with Crippen LogP contribution in [0.4, 0.5) is 4.39 Å². The van der Waals surface area contributed by atoms with Gasteiger partial charge in [0, 0.05) is 25.0 Å². The Bertz CT molecular complexity index is 579. The Balaban J connectivity index is 1.82. The molecule has 2 aromatic rings. The van der Waals surface area contributed by atoms with Crippen LogP contribution in [0, 0.1) is 5.82 Å². The van der Waals surface area contributed by atoms with Crippen molar-refractivity contribution in [3.8, 4) is 5.69 Å². The van der Waals surface area contributed by atoms with Crippen LogP contribution < -0.4 is 0 Å². The van der Waals surface area contributed by atoms with Crippen LogP contribution in [0.3, 0.4) is 0 Å². The van der Waals surface area contributed by atoms with E-state index in [4.69, 9.17) is 0 Å². The monoisotopic (exact) mass is 305 g/mol.